The molecule has 0 bridgehead atoms. The van der Waals surface area contributed by atoms with Crippen LogP contribution in [0.5, 0.6) is 23.0 Å². The Kier molecular flexibility index (Phi) is 7.94. The number of hydrogen-bond donors (Lipinski definition) is 2. The van der Waals surface area contributed by atoms with Gasteiger partial charge in [-0.25, -0.2) is 0 Å². The molecule has 2 aromatic rings. The topological polar surface area (TPSA) is 136 Å². The van der Waals surface area contributed by atoms with E-state index in [4.69, 9.17) is 14.0 Å². The van der Waals surface area contributed by atoms with Gasteiger partial charge in [-0.3, -0.25) is 14.1 Å². The van der Waals surface area contributed by atoms with E-state index >= 15 is 0 Å². The lowest BCUT2D eigenvalue weighted by Gasteiger charge is -2.08. The molecule has 10 heteroatoms. The molecular formula is C21H20O9S. The average Bonchev–Trinajstić information content (AvgIpc) is 2.71. The molecule has 0 amide bonds. The molecule has 0 aliphatic carbocycles. The zero-order valence-electron chi connectivity index (χ0n) is 16.6. The van der Waals surface area contributed by atoms with Gasteiger partial charge in [0.15, 0.2) is 34.6 Å². The lowest BCUT2D eigenvalue weighted by molar-refractivity contribution is -0.121. The van der Waals surface area contributed by atoms with Crippen LogP contribution in [-0.2, 0) is 20.0 Å². The molecule has 2 rings (SSSR count). The third-order valence-electron chi connectivity index (χ3n) is 3.86. The Morgan fingerprint density at radius 3 is 1.90 bits per heavy atom. The zero-order chi connectivity index (χ0) is 23.0. The summed E-state index contributed by atoms with van der Waals surface area (Å²) in [6.45, 7) is 0. The lowest BCUT2D eigenvalue weighted by atomic mass is 10.1. The minimum Gasteiger partial charge on any atom is -0.504 e. The maximum atomic E-state index is 12.0. The highest BCUT2D eigenvalue weighted by atomic mass is 32.3. The number of ketones is 2. The van der Waals surface area contributed by atoms with E-state index in [0.717, 1.165) is 0 Å². The quantitative estimate of drug-likeness (QED) is 0.319. The summed E-state index contributed by atoms with van der Waals surface area (Å²) in [6.07, 6.45) is 5.02. The van der Waals surface area contributed by atoms with Crippen LogP contribution in [0.3, 0.4) is 0 Å². The SMILES string of the molecule is COc1cc(C=CC(=O)CC(=O)C=Cc2ccc(OS(=O)(=O)O)c(OC)c2)ccc1O. The van der Waals surface area contributed by atoms with Gasteiger partial charge in [-0.15, -0.1) is 0 Å². The first kappa shape index (κ1) is 23.6. The molecule has 0 radical (unpaired) electrons. The van der Waals surface area contributed by atoms with Crippen molar-refractivity contribution < 1.29 is 41.3 Å². The van der Waals surface area contributed by atoms with Gasteiger partial charge in [-0.05, 0) is 47.5 Å². The number of benzene rings is 2. The second kappa shape index (κ2) is 10.4. The summed E-state index contributed by atoms with van der Waals surface area (Å²) >= 11 is 0. The lowest BCUT2D eigenvalue weighted by Crippen LogP contribution is -2.07. The molecule has 0 aliphatic rings. The van der Waals surface area contributed by atoms with Crippen LogP contribution in [0.1, 0.15) is 17.5 Å². The average molecular weight is 448 g/mol. The first-order valence-electron chi connectivity index (χ1n) is 8.75. The molecule has 0 aromatic heterocycles. The molecule has 9 nitrogen and oxygen atoms in total. The fourth-order valence-corrected chi connectivity index (χ4v) is 2.80. The predicted octanol–water partition coefficient (Wildman–Crippen LogP) is 2.85. The van der Waals surface area contributed by atoms with Gasteiger partial charge in [-0.1, -0.05) is 24.3 Å². The maximum absolute atomic E-state index is 12.0. The fraction of sp³-hybridized carbons (Fsp3) is 0.143. The maximum Gasteiger partial charge on any atom is 0.446 e. The van der Waals surface area contributed by atoms with Crippen LogP contribution in [0.15, 0.2) is 48.6 Å². The van der Waals surface area contributed by atoms with Crippen molar-refractivity contribution in [3.05, 3.63) is 59.7 Å². The molecule has 0 unspecified atom stereocenters. The first-order chi connectivity index (χ1) is 14.6. The summed E-state index contributed by atoms with van der Waals surface area (Å²) in [5, 5.41) is 9.56. The number of methoxy groups -OCH3 is 2. The largest absolute Gasteiger partial charge is 0.504 e. The highest BCUT2D eigenvalue weighted by Gasteiger charge is 2.13. The van der Waals surface area contributed by atoms with Crippen LogP contribution < -0.4 is 13.7 Å². The number of ether oxygens (including phenoxy) is 2. The summed E-state index contributed by atoms with van der Waals surface area (Å²) in [6, 6.07) is 8.64. The fourth-order valence-electron chi connectivity index (χ4n) is 2.44. The van der Waals surface area contributed by atoms with Crippen LogP contribution in [-0.4, -0.2) is 43.9 Å². The number of allylic oxidation sites excluding steroid dienone is 2. The van der Waals surface area contributed by atoms with Crippen molar-refractivity contribution in [3.8, 4) is 23.0 Å². The second-order valence-corrected chi connectivity index (χ2v) is 7.15. The second-order valence-electron chi connectivity index (χ2n) is 6.13. The Labute approximate surface area is 179 Å². The zero-order valence-corrected chi connectivity index (χ0v) is 17.5. The van der Waals surface area contributed by atoms with E-state index in [1.165, 1.54) is 62.8 Å². The summed E-state index contributed by atoms with van der Waals surface area (Å²) < 4.78 is 44.8. The Hall–Kier alpha value is -3.63. The molecule has 0 spiro atoms. The highest BCUT2D eigenvalue weighted by Crippen LogP contribution is 2.29. The molecule has 2 N–H and O–H groups in total. The monoisotopic (exact) mass is 448 g/mol. The predicted molar refractivity (Wildman–Crippen MR) is 113 cm³/mol. The molecule has 31 heavy (non-hydrogen) atoms. The highest BCUT2D eigenvalue weighted by molar-refractivity contribution is 7.81. The number of carbonyl (C=O) groups excluding carboxylic acids is 2. The standard InChI is InChI=1S/C21H20O9S/c1-28-20-11-14(5-9-18(20)24)3-7-16(22)13-17(23)8-4-15-6-10-19(21(12-15)29-2)30-31(25,26)27/h3-12,24H,13H2,1-2H3,(H,25,26,27). The van der Waals surface area contributed by atoms with Crippen molar-refractivity contribution >= 4 is 34.1 Å². The van der Waals surface area contributed by atoms with E-state index in [0.29, 0.717) is 11.1 Å². The van der Waals surface area contributed by atoms with Crippen LogP contribution >= 0.6 is 0 Å². The molecule has 0 saturated carbocycles. The van der Waals surface area contributed by atoms with Gasteiger partial charge in [0, 0.05) is 0 Å². The number of aromatic hydroxyl groups is 1. The first-order valence-corrected chi connectivity index (χ1v) is 10.1. The van der Waals surface area contributed by atoms with Gasteiger partial charge in [0.05, 0.1) is 20.6 Å². The molecule has 0 fully saturated rings. The van der Waals surface area contributed by atoms with E-state index in [1.54, 1.807) is 12.1 Å². The molecule has 164 valence electrons. The van der Waals surface area contributed by atoms with Crippen molar-refractivity contribution in [2.45, 2.75) is 6.42 Å². The summed E-state index contributed by atoms with van der Waals surface area (Å²) in [5.74, 6) is -0.834. The minimum atomic E-state index is -4.71. The van der Waals surface area contributed by atoms with Gasteiger partial charge in [0.2, 0.25) is 0 Å². The van der Waals surface area contributed by atoms with E-state index in [2.05, 4.69) is 4.18 Å². The van der Waals surface area contributed by atoms with Gasteiger partial charge in [-0.2, -0.15) is 8.42 Å². The molecule has 0 atom stereocenters. The summed E-state index contributed by atoms with van der Waals surface area (Å²) in [4.78, 5) is 24.0. The number of carbonyl (C=O) groups is 2. The summed E-state index contributed by atoms with van der Waals surface area (Å²) in [5.41, 5.74) is 1.09. The normalized spacial score (nSPS) is 11.6. The smallest absolute Gasteiger partial charge is 0.446 e. The van der Waals surface area contributed by atoms with Crippen molar-refractivity contribution in [1.82, 2.24) is 0 Å². The van der Waals surface area contributed by atoms with Gasteiger partial charge < -0.3 is 18.8 Å². The Morgan fingerprint density at radius 1 is 0.871 bits per heavy atom. The third kappa shape index (κ3) is 7.61. The van der Waals surface area contributed by atoms with Crippen LogP contribution in [0, 0.1) is 0 Å². The molecule has 0 saturated heterocycles. The van der Waals surface area contributed by atoms with Gasteiger partial charge >= 0.3 is 10.4 Å². The van der Waals surface area contributed by atoms with Gasteiger partial charge in [0.1, 0.15) is 0 Å². The van der Waals surface area contributed by atoms with Crippen LogP contribution in [0.2, 0.25) is 0 Å². The Bertz CT molecular complexity index is 1130. The number of hydrogen-bond acceptors (Lipinski definition) is 8. The molecule has 2 aromatic carbocycles. The number of phenols is 1. The van der Waals surface area contributed by atoms with E-state index < -0.39 is 22.0 Å². The van der Waals surface area contributed by atoms with Crippen molar-refractivity contribution in [3.63, 3.8) is 0 Å². The number of rotatable bonds is 10. The van der Waals surface area contributed by atoms with Crippen molar-refractivity contribution in [1.29, 1.82) is 0 Å². The van der Waals surface area contributed by atoms with E-state index in [9.17, 15) is 23.1 Å². The van der Waals surface area contributed by atoms with Crippen molar-refractivity contribution in [2.75, 3.05) is 14.2 Å². The minimum absolute atomic E-state index is 0.0237. The van der Waals surface area contributed by atoms with Crippen molar-refractivity contribution in [2.24, 2.45) is 0 Å². The molecule has 0 aliphatic heterocycles. The van der Waals surface area contributed by atoms with Crippen LogP contribution in [0.25, 0.3) is 12.2 Å². The third-order valence-corrected chi connectivity index (χ3v) is 4.25. The van der Waals surface area contributed by atoms with E-state index in [-0.39, 0.29) is 29.4 Å². The Morgan fingerprint density at radius 2 is 1.39 bits per heavy atom. The molecular weight excluding hydrogens is 428 g/mol. The van der Waals surface area contributed by atoms with E-state index in [1.807, 2.05) is 0 Å². The molecule has 0 heterocycles. The van der Waals surface area contributed by atoms with Crippen LogP contribution in [0.4, 0.5) is 0 Å². The van der Waals surface area contributed by atoms with Gasteiger partial charge in [0.25, 0.3) is 0 Å². The Balaban J connectivity index is 2.01. The summed E-state index contributed by atoms with van der Waals surface area (Å²) in [7, 11) is -2.03. The number of phenolic OH excluding ortho intramolecular Hbond substituents is 1.